The average molecular weight is 481 g/mol. The molecule has 3 aromatic rings. The van der Waals surface area contributed by atoms with Gasteiger partial charge in [-0.25, -0.2) is 0 Å². The van der Waals surface area contributed by atoms with Gasteiger partial charge < -0.3 is 24.7 Å². The number of aromatic amines is 1. The molecule has 0 atom stereocenters. The monoisotopic (exact) mass is 480 g/mol. The second-order valence-corrected chi connectivity index (χ2v) is 8.94. The largest absolute Gasteiger partial charge is 0.497 e. The predicted octanol–water partition coefficient (Wildman–Crippen LogP) is 3.77. The molecule has 0 aliphatic carbocycles. The van der Waals surface area contributed by atoms with Crippen molar-refractivity contribution < 1.29 is 9.47 Å². The summed E-state index contributed by atoms with van der Waals surface area (Å²) < 4.78 is 10.7. The predicted molar refractivity (Wildman–Crippen MR) is 141 cm³/mol. The molecule has 1 aliphatic heterocycles. The second-order valence-electron chi connectivity index (χ2n) is 8.55. The van der Waals surface area contributed by atoms with Crippen molar-refractivity contribution >= 4 is 33.9 Å². The summed E-state index contributed by atoms with van der Waals surface area (Å²) in [5.74, 6) is 0.789. The maximum Gasteiger partial charge on any atom is 0.253 e. The summed E-state index contributed by atoms with van der Waals surface area (Å²) in [6, 6.07) is 15.7. The van der Waals surface area contributed by atoms with Crippen molar-refractivity contribution in [2.24, 2.45) is 0 Å². The number of nitrogens with one attached hydrogen (secondary N) is 2. The fraction of sp³-hybridized carbons (Fsp3) is 0.385. The molecule has 1 saturated heterocycles. The molecule has 2 heterocycles. The van der Waals surface area contributed by atoms with E-state index in [1.165, 1.54) is 0 Å². The summed E-state index contributed by atoms with van der Waals surface area (Å²) in [4.78, 5) is 20.5. The number of ether oxygens (including phenoxy) is 2. The highest BCUT2D eigenvalue weighted by Crippen LogP contribution is 2.18. The van der Waals surface area contributed by atoms with Crippen LogP contribution in [0.1, 0.15) is 17.5 Å². The van der Waals surface area contributed by atoms with Crippen LogP contribution in [0.2, 0.25) is 0 Å². The molecule has 0 saturated carbocycles. The van der Waals surface area contributed by atoms with Gasteiger partial charge in [0.15, 0.2) is 5.11 Å². The van der Waals surface area contributed by atoms with E-state index in [1.54, 1.807) is 7.11 Å². The highest BCUT2D eigenvalue weighted by Gasteiger charge is 2.16. The standard InChI is InChI=1S/C26H32N4O3S/c1-19-5-3-6-20-17-21(25(31)28-24(19)20)18-30(12-4-11-29-13-15-33-16-14-29)26(34)27-22-7-9-23(32-2)10-8-22/h3,5-10,17H,4,11-16,18H2,1-2H3,(H,27,34)(H,28,31). The highest BCUT2D eigenvalue weighted by atomic mass is 32.1. The fourth-order valence-corrected chi connectivity index (χ4v) is 4.46. The van der Waals surface area contributed by atoms with Crippen LogP contribution < -0.4 is 15.6 Å². The molecule has 180 valence electrons. The average Bonchev–Trinajstić information content (AvgIpc) is 2.85. The number of methoxy groups -OCH3 is 1. The number of anilines is 1. The lowest BCUT2D eigenvalue weighted by Crippen LogP contribution is -2.40. The van der Waals surface area contributed by atoms with E-state index in [9.17, 15) is 4.79 Å². The molecule has 0 bridgehead atoms. The van der Waals surface area contributed by atoms with Crippen LogP contribution in [0, 0.1) is 6.92 Å². The van der Waals surface area contributed by atoms with E-state index >= 15 is 0 Å². The molecule has 7 nitrogen and oxygen atoms in total. The molecule has 0 amide bonds. The van der Waals surface area contributed by atoms with Crippen molar-refractivity contribution in [3.05, 3.63) is 70.0 Å². The van der Waals surface area contributed by atoms with Crippen LogP contribution in [0.25, 0.3) is 10.9 Å². The summed E-state index contributed by atoms with van der Waals surface area (Å²) >= 11 is 5.79. The van der Waals surface area contributed by atoms with Crippen LogP contribution in [-0.2, 0) is 11.3 Å². The second kappa shape index (κ2) is 11.5. The zero-order valence-electron chi connectivity index (χ0n) is 19.8. The van der Waals surface area contributed by atoms with Gasteiger partial charge in [0.2, 0.25) is 0 Å². The Morgan fingerprint density at radius 3 is 2.71 bits per heavy atom. The number of H-pyrrole nitrogens is 1. The number of rotatable bonds is 8. The maximum atomic E-state index is 12.9. The lowest BCUT2D eigenvalue weighted by molar-refractivity contribution is 0.0367. The van der Waals surface area contributed by atoms with Gasteiger partial charge >= 0.3 is 0 Å². The molecular formula is C26H32N4O3S. The third-order valence-corrected chi connectivity index (χ3v) is 6.52. The topological polar surface area (TPSA) is 69.8 Å². The Morgan fingerprint density at radius 1 is 1.21 bits per heavy atom. The SMILES string of the molecule is COc1ccc(NC(=S)N(CCCN2CCOCC2)Cc2cc3cccc(C)c3[nH]c2=O)cc1. The molecule has 1 aliphatic rings. The lowest BCUT2D eigenvalue weighted by Gasteiger charge is -2.29. The fourth-order valence-electron chi connectivity index (χ4n) is 4.19. The number of hydrogen-bond donors (Lipinski definition) is 2. The van der Waals surface area contributed by atoms with E-state index in [0.29, 0.717) is 17.2 Å². The van der Waals surface area contributed by atoms with Gasteiger partial charge in [0, 0.05) is 37.4 Å². The zero-order valence-corrected chi connectivity index (χ0v) is 20.6. The molecule has 2 N–H and O–H groups in total. The van der Waals surface area contributed by atoms with Gasteiger partial charge in [0.25, 0.3) is 5.56 Å². The van der Waals surface area contributed by atoms with Crippen molar-refractivity contribution in [1.82, 2.24) is 14.8 Å². The number of nitrogens with zero attached hydrogens (tertiary/aromatic N) is 2. The van der Waals surface area contributed by atoms with Gasteiger partial charge in [-0.3, -0.25) is 9.69 Å². The molecule has 2 aromatic carbocycles. The minimum Gasteiger partial charge on any atom is -0.497 e. The van der Waals surface area contributed by atoms with Crippen LogP contribution in [0.4, 0.5) is 5.69 Å². The Hall–Kier alpha value is -2.94. The van der Waals surface area contributed by atoms with Crippen molar-refractivity contribution in [2.75, 3.05) is 51.8 Å². The molecule has 1 fully saturated rings. The minimum absolute atomic E-state index is 0.0766. The normalized spacial score (nSPS) is 14.2. The number of aromatic nitrogens is 1. The Bertz CT molecular complexity index is 1170. The van der Waals surface area contributed by atoms with Crippen molar-refractivity contribution in [1.29, 1.82) is 0 Å². The summed E-state index contributed by atoms with van der Waals surface area (Å²) in [6.07, 6.45) is 0.940. The van der Waals surface area contributed by atoms with Crippen molar-refractivity contribution in [3.8, 4) is 5.75 Å². The molecule has 0 radical (unpaired) electrons. The number of fused-ring (bicyclic) bond motifs is 1. The number of thiocarbonyl (C=S) groups is 1. The first-order valence-corrected chi connectivity index (χ1v) is 12.1. The van der Waals surface area contributed by atoms with Gasteiger partial charge in [-0.15, -0.1) is 0 Å². The molecule has 4 rings (SSSR count). The quantitative estimate of drug-likeness (QED) is 0.476. The Morgan fingerprint density at radius 2 is 1.97 bits per heavy atom. The van der Waals surface area contributed by atoms with E-state index in [1.807, 2.05) is 55.5 Å². The van der Waals surface area contributed by atoms with E-state index in [-0.39, 0.29) is 5.56 Å². The van der Waals surface area contributed by atoms with E-state index < -0.39 is 0 Å². The van der Waals surface area contributed by atoms with Gasteiger partial charge in [-0.05, 0) is 66.8 Å². The first kappa shape index (κ1) is 24.2. The number of aryl methyl sites for hydroxylation is 1. The lowest BCUT2D eigenvalue weighted by atomic mass is 10.1. The number of pyridine rings is 1. The van der Waals surface area contributed by atoms with E-state index in [4.69, 9.17) is 21.7 Å². The van der Waals surface area contributed by atoms with Crippen LogP contribution in [0.15, 0.2) is 53.3 Å². The van der Waals surface area contributed by atoms with Crippen molar-refractivity contribution in [2.45, 2.75) is 19.9 Å². The highest BCUT2D eigenvalue weighted by molar-refractivity contribution is 7.80. The summed E-state index contributed by atoms with van der Waals surface area (Å²) in [5, 5.41) is 4.94. The Kier molecular flexibility index (Phi) is 8.16. The van der Waals surface area contributed by atoms with Crippen LogP contribution >= 0.6 is 12.2 Å². The molecule has 34 heavy (non-hydrogen) atoms. The van der Waals surface area contributed by atoms with Gasteiger partial charge in [-0.1, -0.05) is 18.2 Å². The van der Waals surface area contributed by atoms with Crippen LogP contribution in [0.5, 0.6) is 5.75 Å². The third-order valence-electron chi connectivity index (χ3n) is 6.16. The van der Waals surface area contributed by atoms with Gasteiger partial charge in [-0.2, -0.15) is 0 Å². The first-order chi connectivity index (χ1) is 16.5. The molecule has 8 heteroatoms. The first-order valence-electron chi connectivity index (χ1n) is 11.6. The summed E-state index contributed by atoms with van der Waals surface area (Å²) in [7, 11) is 1.64. The van der Waals surface area contributed by atoms with E-state index in [0.717, 1.165) is 73.7 Å². The number of para-hydroxylation sites is 1. The van der Waals surface area contributed by atoms with Gasteiger partial charge in [0.1, 0.15) is 5.75 Å². The number of benzene rings is 2. The minimum atomic E-state index is -0.0766. The van der Waals surface area contributed by atoms with E-state index in [2.05, 4.69) is 20.1 Å². The molecule has 1 aromatic heterocycles. The third kappa shape index (κ3) is 6.14. The Balaban J connectivity index is 1.51. The molecule has 0 spiro atoms. The number of morpholine rings is 1. The van der Waals surface area contributed by atoms with Gasteiger partial charge in [0.05, 0.1) is 32.4 Å². The molecule has 0 unspecified atom stereocenters. The summed E-state index contributed by atoms with van der Waals surface area (Å²) in [5.41, 5.74) is 3.44. The number of hydrogen-bond acceptors (Lipinski definition) is 5. The van der Waals surface area contributed by atoms with Crippen LogP contribution in [0.3, 0.4) is 0 Å². The zero-order chi connectivity index (χ0) is 23.9. The summed E-state index contributed by atoms with van der Waals surface area (Å²) in [6.45, 7) is 7.63. The molecular weight excluding hydrogens is 448 g/mol. The Labute approximate surface area is 205 Å². The van der Waals surface area contributed by atoms with Crippen LogP contribution in [-0.4, -0.2) is 66.4 Å². The van der Waals surface area contributed by atoms with Crippen molar-refractivity contribution in [3.63, 3.8) is 0 Å². The smallest absolute Gasteiger partial charge is 0.253 e. The maximum absolute atomic E-state index is 12.9.